The third-order valence-corrected chi connectivity index (χ3v) is 3.54. The summed E-state index contributed by atoms with van der Waals surface area (Å²) in [6.45, 7) is 0.683. The van der Waals surface area contributed by atoms with Crippen LogP contribution >= 0.6 is 11.8 Å². The molecule has 0 atom stereocenters. The molecule has 0 fully saturated rings. The van der Waals surface area contributed by atoms with Crippen molar-refractivity contribution in [2.24, 2.45) is 0 Å². The van der Waals surface area contributed by atoms with E-state index in [9.17, 15) is 14.5 Å². The van der Waals surface area contributed by atoms with E-state index in [4.69, 9.17) is 9.84 Å². The minimum absolute atomic E-state index is 0.0202. The maximum absolute atomic E-state index is 13.7. The highest BCUT2D eigenvalue weighted by molar-refractivity contribution is 7.99. The summed E-state index contributed by atoms with van der Waals surface area (Å²) in [6.07, 6.45) is 0.727. The van der Waals surface area contributed by atoms with Crippen LogP contribution in [0.4, 0.5) is 15.8 Å². The summed E-state index contributed by atoms with van der Waals surface area (Å²) in [4.78, 5) is 10.0. The second-order valence-corrected chi connectivity index (χ2v) is 5.10. The zero-order chi connectivity index (χ0) is 15.0. The number of nitro groups is 1. The summed E-state index contributed by atoms with van der Waals surface area (Å²) in [5.74, 6) is 0.924. The van der Waals surface area contributed by atoms with Crippen LogP contribution in [0.25, 0.3) is 0 Å². The normalized spacial score (nSPS) is 10.3. The zero-order valence-electron chi connectivity index (χ0n) is 11.1. The molecule has 0 aliphatic rings. The first-order chi connectivity index (χ1) is 9.60. The number of rotatable bonds is 9. The number of aliphatic hydroxyl groups excluding tert-OH is 1. The van der Waals surface area contributed by atoms with Gasteiger partial charge in [0.25, 0.3) is 0 Å². The first-order valence-corrected chi connectivity index (χ1v) is 7.20. The van der Waals surface area contributed by atoms with E-state index in [1.165, 1.54) is 13.2 Å². The molecule has 0 aliphatic carbocycles. The van der Waals surface area contributed by atoms with Crippen molar-refractivity contribution in [1.29, 1.82) is 0 Å². The molecule has 2 N–H and O–H groups in total. The smallest absolute Gasteiger partial charge is 0.313 e. The van der Waals surface area contributed by atoms with Gasteiger partial charge < -0.3 is 15.2 Å². The summed E-state index contributed by atoms with van der Waals surface area (Å²) in [5, 5.41) is 22.2. The molecule has 112 valence electrons. The molecule has 0 aromatic heterocycles. The molecular formula is C12H17FN2O4S. The lowest BCUT2D eigenvalue weighted by Crippen LogP contribution is -2.07. The number of nitrogens with zero attached hydrogens (tertiary/aromatic N) is 1. The Bertz CT molecular complexity index is 459. The second kappa shape index (κ2) is 8.60. The highest BCUT2D eigenvalue weighted by Gasteiger charge is 2.18. The first kappa shape index (κ1) is 16.5. The van der Waals surface area contributed by atoms with Crippen LogP contribution in [-0.4, -0.2) is 41.8 Å². The van der Waals surface area contributed by atoms with Gasteiger partial charge in [0.05, 0.1) is 23.8 Å². The Hall–Kier alpha value is -1.54. The van der Waals surface area contributed by atoms with Crippen molar-refractivity contribution in [2.75, 3.05) is 37.1 Å². The molecule has 0 saturated carbocycles. The average molecular weight is 304 g/mol. The minimum atomic E-state index is -0.684. The predicted molar refractivity (Wildman–Crippen MR) is 77.1 cm³/mol. The van der Waals surface area contributed by atoms with Gasteiger partial charge >= 0.3 is 5.69 Å². The van der Waals surface area contributed by atoms with Gasteiger partial charge in [-0.1, -0.05) is 0 Å². The minimum Gasteiger partial charge on any atom is -0.490 e. The molecule has 0 aliphatic heterocycles. The van der Waals surface area contributed by atoms with Gasteiger partial charge in [0.15, 0.2) is 11.6 Å². The van der Waals surface area contributed by atoms with Crippen molar-refractivity contribution < 1.29 is 19.2 Å². The predicted octanol–water partition coefficient (Wildman–Crippen LogP) is 2.27. The quantitative estimate of drug-likeness (QED) is 0.413. The maximum atomic E-state index is 13.7. The number of thioether (sulfide) groups is 1. The largest absolute Gasteiger partial charge is 0.490 e. The number of hydrogen-bond acceptors (Lipinski definition) is 6. The molecule has 1 aromatic rings. The first-order valence-electron chi connectivity index (χ1n) is 6.04. The van der Waals surface area contributed by atoms with Crippen LogP contribution in [0.15, 0.2) is 12.1 Å². The third kappa shape index (κ3) is 4.86. The molecule has 20 heavy (non-hydrogen) atoms. The summed E-state index contributed by atoms with van der Waals surface area (Å²) in [7, 11) is 1.30. The van der Waals surface area contributed by atoms with E-state index < -0.39 is 16.4 Å². The van der Waals surface area contributed by atoms with Gasteiger partial charge in [-0.15, -0.1) is 0 Å². The van der Waals surface area contributed by atoms with Crippen molar-refractivity contribution in [3.05, 3.63) is 28.1 Å². The Morgan fingerprint density at radius 3 is 2.85 bits per heavy atom. The van der Waals surface area contributed by atoms with Crippen molar-refractivity contribution in [3.8, 4) is 5.75 Å². The Morgan fingerprint density at radius 2 is 2.25 bits per heavy atom. The van der Waals surface area contributed by atoms with Crippen molar-refractivity contribution in [1.82, 2.24) is 0 Å². The van der Waals surface area contributed by atoms with Crippen LogP contribution in [0.1, 0.15) is 6.42 Å². The molecular weight excluding hydrogens is 287 g/mol. The summed E-state index contributed by atoms with van der Waals surface area (Å²) in [6, 6.07) is 2.13. The monoisotopic (exact) mass is 304 g/mol. The highest BCUT2D eigenvalue weighted by atomic mass is 32.2. The van der Waals surface area contributed by atoms with Crippen molar-refractivity contribution in [2.45, 2.75) is 6.42 Å². The number of hydrogen-bond donors (Lipinski definition) is 2. The Balaban J connectivity index is 2.60. The molecule has 8 heteroatoms. The number of benzene rings is 1. The third-order valence-electron chi connectivity index (χ3n) is 2.47. The van der Waals surface area contributed by atoms with E-state index in [1.54, 1.807) is 11.8 Å². The van der Waals surface area contributed by atoms with Crippen LogP contribution in [0, 0.1) is 15.9 Å². The van der Waals surface area contributed by atoms with Crippen molar-refractivity contribution >= 4 is 23.1 Å². The fraction of sp³-hybridized carbons (Fsp3) is 0.500. The molecule has 0 saturated heterocycles. The highest BCUT2D eigenvalue weighted by Crippen LogP contribution is 2.32. The van der Waals surface area contributed by atoms with Crippen LogP contribution in [0.2, 0.25) is 0 Å². The Labute approximate surface area is 120 Å². The van der Waals surface area contributed by atoms with Gasteiger partial charge in [0.2, 0.25) is 0 Å². The van der Waals surface area contributed by atoms with Crippen molar-refractivity contribution in [3.63, 3.8) is 0 Å². The number of nitrogens with one attached hydrogen (secondary N) is 1. The lowest BCUT2D eigenvalue weighted by atomic mass is 10.2. The molecule has 0 bridgehead atoms. The van der Waals surface area contributed by atoms with Crippen LogP contribution in [0.5, 0.6) is 5.75 Å². The fourth-order valence-electron chi connectivity index (χ4n) is 1.51. The van der Waals surface area contributed by atoms with E-state index in [0.29, 0.717) is 6.54 Å². The molecule has 1 rings (SSSR count). The van der Waals surface area contributed by atoms with E-state index in [0.717, 1.165) is 24.0 Å². The van der Waals surface area contributed by atoms with E-state index >= 15 is 0 Å². The van der Waals surface area contributed by atoms with Gasteiger partial charge in [0.1, 0.15) is 0 Å². The fourth-order valence-corrected chi connectivity index (χ4v) is 2.29. The zero-order valence-corrected chi connectivity index (χ0v) is 11.9. The molecule has 0 unspecified atom stereocenters. The standard InChI is InChI=1S/C12H17FN2O4S/c1-19-12-8-10(9(13)7-11(12)15(17)18)14-3-6-20-5-2-4-16/h7-8,14,16H,2-6H2,1H3. The number of anilines is 1. The SMILES string of the molecule is COc1cc(NCCSCCCO)c(F)cc1[N+](=O)[O-]. The summed E-state index contributed by atoms with van der Waals surface area (Å²) < 4.78 is 18.6. The van der Waals surface area contributed by atoms with Gasteiger partial charge in [-0.3, -0.25) is 10.1 Å². The number of halogens is 1. The molecule has 0 radical (unpaired) electrons. The van der Waals surface area contributed by atoms with E-state index in [1.807, 2.05) is 0 Å². The number of methoxy groups -OCH3 is 1. The number of nitro benzene ring substituents is 1. The lowest BCUT2D eigenvalue weighted by molar-refractivity contribution is -0.385. The van der Waals surface area contributed by atoms with Crippen LogP contribution in [-0.2, 0) is 0 Å². The Kier molecular flexibility index (Phi) is 7.10. The van der Waals surface area contributed by atoms with Gasteiger partial charge in [-0.25, -0.2) is 4.39 Å². The molecule has 0 heterocycles. The van der Waals surface area contributed by atoms with Gasteiger partial charge in [-0.05, 0) is 12.2 Å². The maximum Gasteiger partial charge on any atom is 0.313 e. The number of aliphatic hydroxyl groups is 1. The topological polar surface area (TPSA) is 84.6 Å². The summed E-state index contributed by atoms with van der Waals surface area (Å²) in [5.41, 5.74) is -0.219. The van der Waals surface area contributed by atoms with E-state index in [2.05, 4.69) is 5.32 Å². The lowest BCUT2D eigenvalue weighted by Gasteiger charge is -2.09. The van der Waals surface area contributed by atoms with E-state index in [-0.39, 0.29) is 18.0 Å². The number of ether oxygens (including phenoxy) is 1. The molecule has 6 nitrogen and oxygen atoms in total. The van der Waals surface area contributed by atoms with Gasteiger partial charge in [-0.2, -0.15) is 11.8 Å². The summed E-state index contributed by atoms with van der Waals surface area (Å²) >= 11 is 1.64. The van der Waals surface area contributed by atoms with Crippen LogP contribution in [0.3, 0.4) is 0 Å². The molecule has 0 spiro atoms. The molecule has 1 aromatic carbocycles. The Morgan fingerprint density at radius 1 is 1.50 bits per heavy atom. The van der Waals surface area contributed by atoms with Crippen LogP contribution < -0.4 is 10.1 Å². The van der Waals surface area contributed by atoms with Gasteiger partial charge in [0, 0.05) is 25.0 Å². The second-order valence-electron chi connectivity index (χ2n) is 3.88. The molecule has 0 amide bonds. The average Bonchev–Trinajstić information content (AvgIpc) is 2.43.